The molecule has 0 atom stereocenters. The van der Waals surface area contributed by atoms with Crippen molar-refractivity contribution >= 4 is 17.7 Å². The zero-order valence-electron chi connectivity index (χ0n) is 12.5. The minimum absolute atomic E-state index is 0.686. The molecule has 0 amide bonds. The maximum Gasteiger partial charge on any atom is 0.191 e. The first kappa shape index (κ1) is 14.7. The Bertz CT molecular complexity index is 492. The molecular weight excluding hydrogens is 284 g/mol. The van der Waals surface area contributed by atoms with Crippen molar-refractivity contribution in [1.82, 2.24) is 19.7 Å². The van der Waals surface area contributed by atoms with Gasteiger partial charge in [0.25, 0.3) is 0 Å². The second-order valence-corrected chi connectivity index (χ2v) is 6.81. The molecule has 3 heterocycles. The summed E-state index contributed by atoms with van der Waals surface area (Å²) < 4.78 is 2.29. The topological polar surface area (TPSA) is 72.3 Å². The van der Waals surface area contributed by atoms with Gasteiger partial charge in [-0.05, 0) is 12.8 Å². The molecule has 0 spiro atoms. The van der Waals surface area contributed by atoms with Crippen molar-refractivity contribution < 1.29 is 0 Å². The molecule has 0 aromatic carbocycles. The maximum absolute atomic E-state index is 6.07. The van der Waals surface area contributed by atoms with Crippen LogP contribution in [0.2, 0.25) is 0 Å². The Balaban J connectivity index is 1.56. The van der Waals surface area contributed by atoms with E-state index in [0.29, 0.717) is 12.5 Å². The Morgan fingerprint density at radius 1 is 1.14 bits per heavy atom. The highest BCUT2D eigenvalue weighted by Gasteiger charge is 2.15. The minimum Gasteiger partial charge on any atom is -0.370 e. The van der Waals surface area contributed by atoms with E-state index in [-0.39, 0.29) is 0 Å². The van der Waals surface area contributed by atoms with Crippen LogP contribution in [0.15, 0.2) is 4.99 Å². The van der Waals surface area contributed by atoms with E-state index in [1.807, 2.05) is 11.8 Å². The van der Waals surface area contributed by atoms with Crippen molar-refractivity contribution in [3.8, 4) is 0 Å². The fourth-order valence-electron chi connectivity index (χ4n) is 2.89. The van der Waals surface area contributed by atoms with Crippen molar-refractivity contribution in [3.05, 3.63) is 11.6 Å². The largest absolute Gasteiger partial charge is 0.370 e. The van der Waals surface area contributed by atoms with E-state index >= 15 is 0 Å². The summed E-state index contributed by atoms with van der Waals surface area (Å²) >= 11 is 1.98. The average molecular weight is 308 g/mol. The van der Waals surface area contributed by atoms with Gasteiger partial charge in [0.2, 0.25) is 0 Å². The van der Waals surface area contributed by atoms with Crippen LogP contribution in [-0.2, 0) is 19.4 Å². The molecule has 2 aliphatic rings. The summed E-state index contributed by atoms with van der Waals surface area (Å²) in [5, 5.41) is 8.66. The molecule has 1 aromatic heterocycles. The fourth-order valence-corrected chi connectivity index (χ4v) is 3.80. The van der Waals surface area contributed by atoms with Gasteiger partial charge in [-0.2, -0.15) is 11.8 Å². The SMILES string of the molecule is NC(=NCCc1nnc2n1CCCCC2)N1CCSCC1. The summed E-state index contributed by atoms with van der Waals surface area (Å²) in [4.78, 5) is 6.71. The number of thioether (sulfide) groups is 1. The smallest absolute Gasteiger partial charge is 0.191 e. The first-order valence-corrected chi connectivity index (χ1v) is 9.03. The summed E-state index contributed by atoms with van der Waals surface area (Å²) in [6.07, 6.45) is 5.64. The summed E-state index contributed by atoms with van der Waals surface area (Å²) in [5.74, 6) is 5.19. The number of nitrogens with zero attached hydrogens (tertiary/aromatic N) is 5. The van der Waals surface area contributed by atoms with E-state index in [1.165, 1.54) is 19.3 Å². The minimum atomic E-state index is 0.686. The predicted octanol–water partition coefficient (Wildman–Crippen LogP) is 0.910. The van der Waals surface area contributed by atoms with Crippen LogP contribution < -0.4 is 5.73 Å². The quantitative estimate of drug-likeness (QED) is 0.664. The lowest BCUT2D eigenvalue weighted by Gasteiger charge is -2.27. The zero-order chi connectivity index (χ0) is 14.5. The second-order valence-electron chi connectivity index (χ2n) is 5.58. The Morgan fingerprint density at radius 2 is 2.00 bits per heavy atom. The molecular formula is C14H24N6S. The highest BCUT2D eigenvalue weighted by atomic mass is 32.2. The molecule has 116 valence electrons. The standard InChI is InChI=1S/C14H24N6S/c15-14(19-8-10-21-11-9-19)16-6-5-13-18-17-12-4-2-1-3-7-20(12)13/h1-11H2,(H2,15,16). The molecule has 2 N–H and O–H groups in total. The van der Waals surface area contributed by atoms with Gasteiger partial charge in [-0.25, -0.2) is 0 Å². The number of aliphatic imine (C=N–C) groups is 1. The number of aryl methyl sites for hydroxylation is 1. The molecule has 21 heavy (non-hydrogen) atoms. The molecule has 3 rings (SSSR count). The van der Waals surface area contributed by atoms with Gasteiger partial charge in [0.05, 0.1) is 0 Å². The molecule has 0 radical (unpaired) electrons. The highest BCUT2D eigenvalue weighted by Crippen LogP contribution is 2.14. The molecule has 0 unspecified atom stereocenters. The van der Waals surface area contributed by atoms with Crippen LogP contribution in [-0.4, -0.2) is 56.8 Å². The summed E-state index contributed by atoms with van der Waals surface area (Å²) in [7, 11) is 0. The third-order valence-electron chi connectivity index (χ3n) is 4.13. The predicted molar refractivity (Wildman–Crippen MR) is 86.7 cm³/mol. The molecule has 1 saturated heterocycles. The van der Waals surface area contributed by atoms with Crippen LogP contribution in [0.1, 0.15) is 30.9 Å². The van der Waals surface area contributed by atoms with Gasteiger partial charge in [0.1, 0.15) is 11.6 Å². The van der Waals surface area contributed by atoms with Gasteiger partial charge in [-0.3, -0.25) is 4.99 Å². The number of rotatable bonds is 3. The van der Waals surface area contributed by atoms with Gasteiger partial charge < -0.3 is 15.2 Å². The molecule has 0 saturated carbocycles. The van der Waals surface area contributed by atoms with Gasteiger partial charge >= 0.3 is 0 Å². The number of guanidine groups is 1. The van der Waals surface area contributed by atoms with Gasteiger partial charge in [-0.15, -0.1) is 10.2 Å². The Morgan fingerprint density at radius 3 is 2.86 bits per heavy atom. The first-order valence-electron chi connectivity index (χ1n) is 7.88. The molecule has 2 aliphatic heterocycles. The van der Waals surface area contributed by atoms with E-state index in [0.717, 1.165) is 55.6 Å². The van der Waals surface area contributed by atoms with Gasteiger partial charge in [0.15, 0.2) is 5.96 Å². The number of fused-ring (bicyclic) bond motifs is 1. The Labute approximate surface area is 130 Å². The van der Waals surface area contributed by atoms with E-state index in [4.69, 9.17) is 5.73 Å². The van der Waals surface area contributed by atoms with Crippen LogP contribution in [0, 0.1) is 0 Å². The van der Waals surface area contributed by atoms with Crippen LogP contribution in [0.4, 0.5) is 0 Å². The van der Waals surface area contributed by atoms with E-state index in [9.17, 15) is 0 Å². The van der Waals surface area contributed by atoms with Crippen LogP contribution in [0.25, 0.3) is 0 Å². The third kappa shape index (κ3) is 3.70. The molecule has 0 bridgehead atoms. The maximum atomic E-state index is 6.07. The fraction of sp³-hybridized carbons (Fsp3) is 0.786. The van der Waals surface area contributed by atoms with Crippen LogP contribution >= 0.6 is 11.8 Å². The van der Waals surface area contributed by atoms with E-state index in [2.05, 4.69) is 24.7 Å². The van der Waals surface area contributed by atoms with E-state index < -0.39 is 0 Å². The lowest BCUT2D eigenvalue weighted by atomic mass is 10.2. The zero-order valence-corrected chi connectivity index (χ0v) is 13.3. The number of hydrogen-bond donors (Lipinski definition) is 1. The molecule has 7 heteroatoms. The lowest BCUT2D eigenvalue weighted by Crippen LogP contribution is -2.42. The van der Waals surface area contributed by atoms with Gasteiger partial charge in [0, 0.05) is 50.5 Å². The Kier molecular flexibility index (Phi) is 5.00. The van der Waals surface area contributed by atoms with Crippen LogP contribution in [0.5, 0.6) is 0 Å². The van der Waals surface area contributed by atoms with Crippen molar-refractivity contribution in [3.63, 3.8) is 0 Å². The Hall–Kier alpha value is -1.24. The summed E-state index contributed by atoms with van der Waals surface area (Å²) in [6, 6.07) is 0. The molecule has 1 fully saturated rings. The van der Waals surface area contributed by atoms with E-state index in [1.54, 1.807) is 0 Å². The number of nitrogens with two attached hydrogens (primary N) is 1. The van der Waals surface area contributed by atoms with Crippen molar-refractivity contribution in [1.29, 1.82) is 0 Å². The van der Waals surface area contributed by atoms with Crippen molar-refractivity contribution in [2.24, 2.45) is 10.7 Å². The van der Waals surface area contributed by atoms with Crippen LogP contribution in [0.3, 0.4) is 0 Å². The number of aromatic nitrogens is 3. The molecule has 0 aliphatic carbocycles. The highest BCUT2D eigenvalue weighted by molar-refractivity contribution is 7.99. The van der Waals surface area contributed by atoms with Gasteiger partial charge in [-0.1, -0.05) is 6.42 Å². The molecule has 1 aromatic rings. The first-order chi connectivity index (χ1) is 10.3. The molecule has 6 nitrogen and oxygen atoms in total. The van der Waals surface area contributed by atoms with Crippen molar-refractivity contribution in [2.45, 2.75) is 38.6 Å². The lowest BCUT2D eigenvalue weighted by molar-refractivity contribution is 0.455. The average Bonchev–Trinajstić information content (AvgIpc) is 2.76. The normalized spacial score (nSPS) is 20.2. The van der Waals surface area contributed by atoms with Crippen molar-refractivity contribution in [2.75, 3.05) is 31.1 Å². The summed E-state index contributed by atoms with van der Waals surface area (Å²) in [5.41, 5.74) is 6.07. The summed E-state index contributed by atoms with van der Waals surface area (Å²) in [6.45, 7) is 3.79. The monoisotopic (exact) mass is 308 g/mol. The number of hydrogen-bond acceptors (Lipinski definition) is 4. The third-order valence-corrected chi connectivity index (χ3v) is 5.07. The second kappa shape index (κ2) is 7.15.